The molecular weight excluding hydrogens is 224 g/mol. The van der Waals surface area contributed by atoms with Crippen molar-refractivity contribution in [3.8, 4) is 0 Å². The molecule has 0 saturated carbocycles. The summed E-state index contributed by atoms with van der Waals surface area (Å²) in [5.74, 6) is -1.07. The number of aliphatic hydroxyl groups is 1. The van der Waals surface area contributed by atoms with Gasteiger partial charge in [0.25, 0.3) is 0 Å². The summed E-state index contributed by atoms with van der Waals surface area (Å²) in [5, 5.41) is 9.61. The molecule has 0 amide bonds. The second-order valence-electron chi connectivity index (χ2n) is 5.04. The summed E-state index contributed by atoms with van der Waals surface area (Å²) in [4.78, 5) is 1.92. The van der Waals surface area contributed by atoms with Crippen LogP contribution in [0.4, 0.5) is 8.78 Å². The Kier molecular flexibility index (Phi) is 4.60. The van der Waals surface area contributed by atoms with Crippen LogP contribution >= 0.6 is 0 Å². The quantitative estimate of drug-likeness (QED) is 0.857. The van der Waals surface area contributed by atoms with Crippen LogP contribution in [0.15, 0.2) is 18.2 Å². The highest BCUT2D eigenvalue weighted by Crippen LogP contribution is 2.11. The van der Waals surface area contributed by atoms with Crippen molar-refractivity contribution in [1.82, 2.24) is 4.90 Å². The Balaban J connectivity index is 2.50. The standard InChI is InChI=1S/C13H19F2NO/c1-13(2,17)9-16(3)7-6-10-4-5-11(14)8-12(10)15/h4-5,8,17H,6-7,9H2,1-3H3. The van der Waals surface area contributed by atoms with E-state index in [2.05, 4.69) is 0 Å². The largest absolute Gasteiger partial charge is 0.389 e. The third-order valence-electron chi connectivity index (χ3n) is 2.43. The molecule has 0 aliphatic carbocycles. The second kappa shape index (κ2) is 5.56. The van der Waals surface area contributed by atoms with Gasteiger partial charge in [0.15, 0.2) is 0 Å². The molecule has 2 nitrogen and oxygen atoms in total. The molecule has 0 fully saturated rings. The maximum atomic E-state index is 13.3. The van der Waals surface area contributed by atoms with Crippen molar-refractivity contribution in [3.63, 3.8) is 0 Å². The van der Waals surface area contributed by atoms with Crippen molar-refractivity contribution in [2.45, 2.75) is 25.9 Å². The van der Waals surface area contributed by atoms with E-state index in [-0.39, 0.29) is 0 Å². The molecule has 1 aromatic rings. The molecule has 0 atom stereocenters. The molecule has 96 valence electrons. The Bertz CT molecular complexity index is 374. The van der Waals surface area contributed by atoms with Crippen molar-refractivity contribution in [2.24, 2.45) is 0 Å². The Labute approximate surface area is 101 Å². The van der Waals surface area contributed by atoms with Crippen molar-refractivity contribution in [2.75, 3.05) is 20.1 Å². The van der Waals surface area contributed by atoms with Crippen LogP contribution in [0.2, 0.25) is 0 Å². The summed E-state index contributed by atoms with van der Waals surface area (Å²) >= 11 is 0. The van der Waals surface area contributed by atoms with Crippen LogP contribution in [0.25, 0.3) is 0 Å². The zero-order valence-corrected chi connectivity index (χ0v) is 10.5. The smallest absolute Gasteiger partial charge is 0.129 e. The lowest BCUT2D eigenvalue weighted by atomic mass is 10.1. The second-order valence-corrected chi connectivity index (χ2v) is 5.04. The summed E-state index contributed by atoms with van der Waals surface area (Å²) in [7, 11) is 1.86. The Morgan fingerprint density at radius 3 is 2.47 bits per heavy atom. The third kappa shape index (κ3) is 5.24. The first kappa shape index (κ1) is 14.1. The van der Waals surface area contributed by atoms with E-state index in [1.165, 1.54) is 12.1 Å². The molecule has 0 bridgehead atoms. The summed E-state index contributed by atoms with van der Waals surface area (Å²) < 4.78 is 26.0. The van der Waals surface area contributed by atoms with Crippen molar-refractivity contribution < 1.29 is 13.9 Å². The monoisotopic (exact) mass is 243 g/mol. The first-order chi connectivity index (χ1) is 7.78. The number of likely N-dealkylation sites (N-methyl/N-ethyl adjacent to an activating group) is 1. The molecule has 0 spiro atoms. The van der Waals surface area contributed by atoms with Crippen LogP contribution in [0, 0.1) is 11.6 Å². The zero-order valence-electron chi connectivity index (χ0n) is 10.5. The molecule has 4 heteroatoms. The van der Waals surface area contributed by atoms with E-state index in [0.717, 1.165) is 6.07 Å². The first-order valence-corrected chi connectivity index (χ1v) is 5.63. The van der Waals surface area contributed by atoms with E-state index in [9.17, 15) is 13.9 Å². The number of benzene rings is 1. The Morgan fingerprint density at radius 2 is 1.94 bits per heavy atom. The normalized spacial score (nSPS) is 12.2. The summed E-state index contributed by atoms with van der Waals surface area (Å²) in [6.45, 7) is 4.58. The number of hydrogen-bond acceptors (Lipinski definition) is 2. The molecule has 0 aromatic heterocycles. The van der Waals surface area contributed by atoms with Gasteiger partial charge < -0.3 is 10.0 Å². The highest BCUT2D eigenvalue weighted by atomic mass is 19.1. The minimum atomic E-state index is -0.768. The molecule has 0 saturated heterocycles. The predicted octanol–water partition coefficient (Wildman–Crippen LogP) is 2.21. The van der Waals surface area contributed by atoms with Crippen molar-refractivity contribution in [3.05, 3.63) is 35.4 Å². The van der Waals surface area contributed by atoms with Crippen LogP contribution in [0.5, 0.6) is 0 Å². The van der Waals surface area contributed by atoms with E-state index in [1.54, 1.807) is 13.8 Å². The topological polar surface area (TPSA) is 23.5 Å². The maximum Gasteiger partial charge on any atom is 0.129 e. The van der Waals surface area contributed by atoms with Crippen LogP contribution in [0.3, 0.4) is 0 Å². The summed E-state index contributed by atoms with van der Waals surface area (Å²) in [6, 6.07) is 3.61. The Hall–Kier alpha value is -1.00. The van der Waals surface area contributed by atoms with Gasteiger partial charge in [-0.25, -0.2) is 8.78 Å². The fourth-order valence-electron chi connectivity index (χ4n) is 1.78. The van der Waals surface area contributed by atoms with E-state index >= 15 is 0 Å². The molecule has 0 unspecified atom stereocenters. The molecule has 1 aromatic carbocycles. The molecule has 17 heavy (non-hydrogen) atoms. The van der Waals surface area contributed by atoms with Crippen LogP contribution in [-0.4, -0.2) is 35.7 Å². The first-order valence-electron chi connectivity index (χ1n) is 5.63. The average Bonchev–Trinajstić information content (AvgIpc) is 2.13. The summed E-state index contributed by atoms with van der Waals surface area (Å²) in [5.41, 5.74) is -0.273. The van der Waals surface area contributed by atoms with Gasteiger partial charge in [0.05, 0.1) is 5.60 Å². The van der Waals surface area contributed by atoms with Gasteiger partial charge in [-0.15, -0.1) is 0 Å². The van der Waals surface area contributed by atoms with Gasteiger partial charge >= 0.3 is 0 Å². The molecule has 0 radical (unpaired) electrons. The number of rotatable bonds is 5. The van der Waals surface area contributed by atoms with Gasteiger partial charge in [0.1, 0.15) is 11.6 Å². The molecular formula is C13H19F2NO. The Morgan fingerprint density at radius 1 is 1.29 bits per heavy atom. The lowest BCUT2D eigenvalue weighted by Crippen LogP contribution is -2.37. The van der Waals surface area contributed by atoms with E-state index < -0.39 is 17.2 Å². The molecule has 0 aliphatic heterocycles. The van der Waals surface area contributed by atoms with Crippen LogP contribution in [0.1, 0.15) is 19.4 Å². The lowest BCUT2D eigenvalue weighted by molar-refractivity contribution is 0.0449. The summed E-state index contributed by atoms with van der Waals surface area (Å²) in [6.07, 6.45) is 0.499. The van der Waals surface area contributed by atoms with Gasteiger partial charge in [-0.2, -0.15) is 0 Å². The average molecular weight is 243 g/mol. The van der Waals surface area contributed by atoms with Gasteiger partial charge in [-0.05, 0) is 38.9 Å². The zero-order chi connectivity index (χ0) is 13.1. The highest BCUT2D eigenvalue weighted by molar-refractivity contribution is 5.18. The van der Waals surface area contributed by atoms with Gasteiger partial charge in [-0.3, -0.25) is 0 Å². The molecule has 1 N–H and O–H groups in total. The minimum absolute atomic E-state index is 0.494. The van der Waals surface area contributed by atoms with Crippen molar-refractivity contribution in [1.29, 1.82) is 0 Å². The molecule has 0 heterocycles. The molecule has 0 aliphatic rings. The van der Waals surface area contributed by atoms with Crippen molar-refractivity contribution >= 4 is 0 Å². The number of halogens is 2. The maximum absolute atomic E-state index is 13.3. The lowest BCUT2D eigenvalue weighted by Gasteiger charge is -2.25. The number of nitrogens with zero attached hydrogens (tertiary/aromatic N) is 1. The molecule has 1 rings (SSSR count). The number of hydrogen-bond donors (Lipinski definition) is 1. The van der Waals surface area contributed by atoms with E-state index in [0.29, 0.717) is 25.1 Å². The van der Waals surface area contributed by atoms with Gasteiger partial charge in [-0.1, -0.05) is 6.07 Å². The predicted molar refractivity (Wildman–Crippen MR) is 63.9 cm³/mol. The van der Waals surface area contributed by atoms with Crippen LogP contribution in [-0.2, 0) is 6.42 Å². The third-order valence-corrected chi connectivity index (χ3v) is 2.43. The fraction of sp³-hybridized carbons (Fsp3) is 0.538. The van der Waals surface area contributed by atoms with E-state index in [4.69, 9.17) is 0 Å². The fourth-order valence-corrected chi connectivity index (χ4v) is 1.78. The van der Waals surface area contributed by atoms with Gasteiger partial charge in [0.2, 0.25) is 0 Å². The SMILES string of the molecule is CN(CCc1ccc(F)cc1F)CC(C)(C)O. The highest BCUT2D eigenvalue weighted by Gasteiger charge is 2.15. The van der Waals surface area contributed by atoms with Gasteiger partial charge in [0, 0.05) is 19.2 Å². The van der Waals surface area contributed by atoms with Crippen LogP contribution < -0.4 is 0 Å². The minimum Gasteiger partial charge on any atom is -0.389 e. The van der Waals surface area contributed by atoms with E-state index in [1.807, 2.05) is 11.9 Å².